The van der Waals surface area contributed by atoms with Crippen LogP contribution in [0.5, 0.6) is 0 Å². The van der Waals surface area contributed by atoms with Gasteiger partial charge in [-0.05, 0) is 12.1 Å². The van der Waals surface area contributed by atoms with E-state index >= 15 is 0 Å². The fraction of sp³-hybridized carbons (Fsp3) is 0.300. The van der Waals surface area contributed by atoms with Crippen molar-refractivity contribution in [2.24, 2.45) is 0 Å². The molecular formula is C10H10BrNS. The average Bonchev–Trinajstić information content (AvgIpc) is 2.44. The predicted octanol–water partition coefficient (Wildman–Crippen LogP) is 3.62. The SMILES string of the molecule is C[C@@H](Br)Cc1nc2ccccc2s1. The van der Waals surface area contributed by atoms with Gasteiger partial charge in [-0.3, -0.25) is 0 Å². The van der Waals surface area contributed by atoms with Crippen molar-refractivity contribution in [3.05, 3.63) is 29.3 Å². The van der Waals surface area contributed by atoms with Gasteiger partial charge in [-0.25, -0.2) is 4.98 Å². The Bertz CT molecular complexity index is 375. The molecule has 1 heterocycles. The van der Waals surface area contributed by atoms with Gasteiger partial charge < -0.3 is 0 Å². The number of hydrogen-bond donors (Lipinski definition) is 0. The van der Waals surface area contributed by atoms with E-state index in [1.54, 1.807) is 11.3 Å². The Hall–Kier alpha value is -0.410. The Balaban J connectivity index is 2.38. The van der Waals surface area contributed by atoms with Crippen LogP contribution in [0.25, 0.3) is 10.2 Å². The van der Waals surface area contributed by atoms with Crippen LogP contribution in [0.2, 0.25) is 0 Å². The van der Waals surface area contributed by atoms with Gasteiger partial charge in [-0.15, -0.1) is 11.3 Å². The summed E-state index contributed by atoms with van der Waals surface area (Å²) in [6.07, 6.45) is 1.01. The molecule has 1 atom stereocenters. The van der Waals surface area contributed by atoms with Gasteiger partial charge in [0.2, 0.25) is 0 Å². The van der Waals surface area contributed by atoms with E-state index in [1.165, 1.54) is 9.71 Å². The maximum absolute atomic E-state index is 4.54. The summed E-state index contributed by atoms with van der Waals surface area (Å²) in [6.45, 7) is 2.14. The molecular weight excluding hydrogens is 246 g/mol. The van der Waals surface area contributed by atoms with Crippen LogP contribution in [0.1, 0.15) is 11.9 Å². The van der Waals surface area contributed by atoms with E-state index in [0.717, 1.165) is 11.9 Å². The zero-order chi connectivity index (χ0) is 9.26. The van der Waals surface area contributed by atoms with Gasteiger partial charge in [0.05, 0.1) is 15.2 Å². The molecule has 2 aromatic rings. The van der Waals surface area contributed by atoms with Gasteiger partial charge in [0.1, 0.15) is 0 Å². The third-order valence-electron chi connectivity index (χ3n) is 1.79. The zero-order valence-electron chi connectivity index (χ0n) is 7.33. The second kappa shape index (κ2) is 3.76. The number of benzene rings is 1. The third-order valence-corrected chi connectivity index (χ3v) is 3.18. The van der Waals surface area contributed by atoms with E-state index in [4.69, 9.17) is 0 Å². The van der Waals surface area contributed by atoms with Crippen LogP contribution >= 0.6 is 27.3 Å². The third kappa shape index (κ3) is 2.09. The first-order chi connectivity index (χ1) is 6.25. The van der Waals surface area contributed by atoms with Gasteiger partial charge in [0, 0.05) is 11.2 Å². The lowest BCUT2D eigenvalue weighted by molar-refractivity contribution is 0.949. The summed E-state index contributed by atoms with van der Waals surface area (Å²) in [6, 6.07) is 8.27. The van der Waals surface area contributed by atoms with Crippen molar-refractivity contribution in [1.29, 1.82) is 0 Å². The Morgan fingerprint density at radius 2 is 2.23 bits per heavy atom. The normalized spacial score (nSPS) is 13.4. The molecule has 1 aromatic carbocycles. The maximum atomic E-state index is 4.54. The fourth-order valence-electron chi connectivity index (χ4n) is 1.25. The summed E-state index contributed by atoms with van der Waals surface area (Å²) in [4.78, 5) is 5.05. The molecule has 2 rings (SSSR count). The molecule has 13 heavy (non-hydrogen) atoms. The Morgan fingerprint density at radius 1 is 1.46 bits per heavy atom. The number of halogens is 1. The lowest BCUT2D eigenvalue weighted by Gasteiger charge is -1.95. The second-order valence-electron chi connectivity index (χ2n) is 3.06. The molecule has 0 saturated heterocycles. The standard InChI is InChI=1S/C10H10BrNS/c1-7(11)6-10-12-8-4-2-3-5-9(8)13-10/h2-5,7H,6H2,1H3/t7-/m1/s1. The van der Waals surface area contributed by atoms with Crippen molar-refractivity contribution in [2.45, 2.75) is 18.2 Å². The van der Waals surface area contributed by atoms with Gasteiger partial charge in [0.15, 0.2) is 0 Å². The summed E-state index contributed by atoms with van der Waals surface area (Å²) in [7, 11) is 0. The van der Waals surface area contributed by atoms with Crippen LogP contribution in [0.3, 0.4) is 0 Å². The molecule has 0 saturated carbocycles. The summed E-state index contributed by atoms with van der Waals surface area (Å²) in [5.41, 5.74) is 1.12. The lowest BCUT2D eigenvalue weighted by atomic mass is 10.3. The minimum Gasteiger partial charge on any atom is -0.241 e. The van der Waals surface area contributed by atoms with Gasteiger partial charge >= 0.3 is 0 Å². The second-order valence-corrected chi connectivity index (χ2v) is 5.74. The van der Waals surface area contributed by atoms with Crippen molar-refractivity contribution in [3.8, 4) is 0 Å². The topological polar surface area (TPSA) is 12.9 Å². The monoisotopic (exact) mass is 255 g/mol. The highest BCUT2D eigenvalue weighted by molar-refractivity contribution is 9.09. The van der Waals surface area contributed by atoms with Crippen molar-refractivity contribution in [1.82, 2.24) is 4.98 Å². The number of alkyl halides is 1. The zero-order valence-corrected chi connectivity index (χ0v) is 9.73. The quantitative estimate of drug-likeness (QED) is 0.748. The van der Waals surface area contributed by atoms with Crippen LogP contribution in [-0.2, 0) is 6.42 Å². The number of aromatic nitrogens is 1. The van der Waals surface area contributed by atoms with Crippen molar-refractivity contribution >= 4 is 37.5 Å². The van der Waals surface area contributed by atoms with Gasteiger partial charge in [-0.2, -0.15) is 0 Å². The molecule has 0 amide bonds. The maximum Gasteiger partial charge on any atom is 0.0949 e. The van der Waals surface area contributed by atoms with E-state index in [0.29, 0.717) is 4.83 Å². The van der Waals surface area contributed by atoms with Crippen LogP contribution in [0.15, 0.2) is 24.3 Å². The number of rotatable bonds is 2. The van der Waals surface area contributed by atoms with Crippen molar-refractivity contribution < 1.29 is 0 Å². The Labute approximate surface area is 89.9 Å². The largest absolute Gasteiger partial charge is 0.241 e. The number of nitrogens with zero attached hydrogens (tertiary/aromatic N) is 1. The summed E-state index contributed by atoms with van der Waals surface area (Å²) in [5.74, 6) is 0. The van der Waals surface area contributed by atoms with Gasteiger partial charge in [0.25, 0.3) is 0 Å². The number of fused-ring (bicyclic) bond motifs is 1. The van der Waals surface area contributed by atoms with Crippen LogP contribution in [0, 0.1) is 0 Å². The fourth-order valence-corrected chi connectivity index (χ4v) is 2.86. The van der Waals surface area contributed by atoms with Crippen molar-refractivity contribution in [3.63, 3.8) is 0 Å². The van der Waals surface area contributed by atoms with E-state index in [1.807, 2.05) is 6.07 Å². The first kappa shape index (κ1) is 9.16. The van der Waals surface area contributed by atoms with Crippen molar-refractivity contribution in [2.75, 3.05) is 0 Å². The predicted molar refractivity (Wildman–Crippen MR) is 61.7 cm³/mol. The highest BCUT2D eigenvalue weighted by Crippen LogP contribution is 2.23. The molecule has 0 aliphatic carbocycles. The minimum atomic E-state index is 0.507. The number of thiazole rings is 1. The molecule has 0 spiro atoms. The van der Waals surface area contributed by atoms with E-state index in [9.17, 15) is 0 Å². The molecule has 68 valence electrons. The number of para-hydroxylation sites is 1. The molecule has 0 aliphatic heterocycles. The molecule has 1 aromatic heterocycles. The van der Waals surface area contributed by atoms with Crippen LogP contribution in [-0.4, -0.2) is 9.81 Å². The summed E-state index contributed by atoms with van der Waals surface area (Å²) in [5, 5.41) is 1.21. The molecule has 3 heteroatoms. The van der Waals surface area contributed by atoms with Gasteiger partial charge in [-0.1, -0.05) is 35.0 Å². The van der Waals surface area contributed by atoms with E-state index in [-0.39, 0.29) is 0 Å². The Morgan fingerprint density at radius 3 is 2.92 bits per heavy atom. The molecule has 0 bridgehead atoms. The van der Waals surface area contributed by atoms with Crippen LogP contribution in [0.4, 0.5) is 0 Å². The smallest absolute Gasteiger partial charge is 0.0949 e. The number of hydrogen-bond acceptors (Lipinski definition) is 2. The highest BCUT2D eigenvalue weighted by atomic mass is 79.9. The minimum absolute atomic E-state index is 0.507. The molecule has 1 nitrogen and oxygen atoms in total. The molecule has 0 aliphatic rings. The summed E-state index contributed by atoms with van der Waals surface area (Å²) >= 11 is 5.32. The average molecular weight is 256 g/mol. The molecule has 0 N–H and O–H groups in total. The molecule has 0 radical (unpaired) electrons. The van der Waals surface area contributed by atoms with E-state index in [2.05, 4.69) is 46.0 Å². The van der Waals surface area contributed by atoms with E-state index < -0.39 is 0 Å². The Kier molecular flexibility index (Phi) is 2.65. The molecule has 0 unspecified atom stereocenters. The highest BCUT2D eigenvalue weighted by Gasteiger charge is 2.05. The first-order valence-corrected chi connectivity index (χ1v) is 5.97. The lowest BCUT2D eigenvalue weighted by Crippen LogP contribution is -1.94. The summed E-state index contributed by atoms with van der Waals surface area (Å²) < 4.78 is 1.28. The van der Waals surface area contributed by atoms with Crippen LogP contribution < -0.4 is 0 Å². The molecule has 0 fully saturated rings. The first-order valence-electron chi connectivity index (χ1n) is 4.24.